The number of carbonyl (C=O) groups excluding carboxylic acids is 1. The van der Waals surface area contributed by atoms with Gasteiger partial charge in [0.2, 0.25) is 0 Å². The smallest absolute Gasteiger partial charge is 0.255 e. The number of nitrogens with one attached hydrogen (secondary N) is 1. The number of ether oxygens (including phenoxy) is 1. The highest BCUT2D eigenvalue weighted by Gasteiger charge is 2.24. The van der Waals surface area contributed by atoms with Crippen LogP contribution in [-0.2, 0) is 6.54 Å². The Hall–Kier alpha value is -3.02. The molecule has 0 saturated carbocycles. The molecule has 6 nitrogen and oxygen atoms in total. The zero-order valence-electron chi connectivity index (χ0n) is 15.4. The molecule has 0 bridgehead atoms. The van der Waals surface area contributed by atoms with Gasteiger partial charge in [0.25, 0.3) is 5.91 Å². The van der Waals surface area contributed by atoms with Gasteiger partial charge in [-0.05, 0) is 49.2 Å². The largest absolute Gasteiger partial charge is 0.497 e. The van der Waals surface area contributed by atoms with Crippen LogP contribution in [0.15, 0.2) is 47.1 Å². The number of benzene rings is 1. The summed E-state index contributed by atoms with van der Waals surface area (Å²) in [6, 6.07) is 11.3. The minimum atomic E-state index is -0.151. The van der Waals surface area contributed by atoms with E-state index in [0.29, 0.717) is 23.6 Å². The fraction of sp³-hybridized carbons (Fsp3) is 0.300. The lowest BCUT2D eigenvalue weighted by Crippen LogP contribution is -2.24. The quantitative estimate of drug-likeness (QED) is 0.731. The van der Waals surface area contributed by atoms with E-state index in [2.05, 4.69) is 24.3 Å². The summed E-state index contributed by atoms with van der Waals surface area (Å²) in [5.74, 6) is 1.47. The van der Waals surface area contributed by atoms with Gasteiger partial charge in [0, 0.05) is 0 Å². The molecule has 0 spiro atoms. The summed E-state index contributed by atoms with van der Waals surface area (Å²) in [4.78, 5) is 12.8. The lowest BCUT2D eigenvalue weighted by Gasteiger charge is -2.13. The van der Waals surface area contributed by atoms with Gasteiger partial charge in [-0.25, -0.2) is 4.68 Å². The van der Waals surface area contributed by atoms with Crippen molar-refractivity contribution in [3.8, 4) is 11.4 Å². The van der Waals surface area contributed by atoms with Crippen LogP contribution in [0.3, 0.4) is 0 Å². The van der Waals surface area contributed by atoms with Gasteiger partial charge >= 0.3 is 0 Å². The molecule has 0 atom stereocenters. The third-order valence-electron chi connectivity index (χ3n) is 4.19. The third kappa shape index (κ3) is 3.49. The zero-order chi connectivity index (χ0) is 18.7. The maximum atomic E-state index is 12.8. The van der Waals surface area contributed by atoms with Crippen LogP contribution < -0.4 is 10.1 Å². The Kier molecular flexibility index (Phi) is 5.11. The second-order valence-corrected chi connectivity index (χ2v) is 6.37. The number of methoxy groups -OCH3 is 1. The summed E-state index contributed by atoms with van der Waals surface area (Å²) in [6.45, 7) is 6.31. The third-order valence-corrected chi connectivity index (χ3v) is 4.19. The Morgan fingerprint density at radius 3 is 2.58 bits per heavy atom. The predicted octanol–water partition coefficient (Wildman–Crippen LogP) is 3.84. The molecular weight excluding hydrogens is 330 g/mol. The molecule has 0 fully saturated rings. The molecule has 1 N–H and O–H groups in total. The Bertz CT molecular complexity index is 878. The van der Waals surface area contributed by atoms with E-state index in [-0.39, 0.29) is 11.8 Å². The molecule has 26 heavy (non-hydrogen) atoms. The molecule has 3 aromatic rings. The Morgan fingerprint density at radius 1 is 1.27 bits per heavy atom. The summed E-state index contributed by atoms with van der Waals surface area (Å²) < 4.78 is 12.3. The highest BCUT2D eigenvalue weighted by molar-refractivity contribution is 5.96. The first kappa shape index (κ1) is 17.8. The van der Waals surface area contributed by atoms with Crippen molar-refractivity contribution in [2.24, 2.45) is 0 Å². The second kappa shape index (κ2) is 7.47. The number of aromatic nitrogens is 2. The van der Waals surface area contributed by atoms with Gasteiger partial charge in [0.15, 0.2) is 0 Å². The molecule has 0 saturated heterocycles. The monoisotopic (exact) mass is 353 g/mol. The summed E-state index contributed by atoms with van der Waals surface area (Å²) in [6.07, 6.45) is 1.59. The number of amides is 1. The van der Waals surface area contributed by atoms with E-state index >= 15 is 0 Å². The van der Waals surface area contributed by atoms with Crippen molar-refractivity contribution in [2.45, 2.75) is 33.2 Å². The molecule has 0 aliphatic heterocycles. The van der Waals surface area contributed by atoms with E-state index in [1.807, 2.05) is 41.9 Å². The summed E-state index contributed by atoms with van der Waals surface area (Å²) >= 11 is 0. The number of furan rings is 1. The second-order valence-electron chi connectivity index (χ2n) is 6.37. The predicted molar refractivity (Wildman–Crippen MR) is 98.8 cm³/mol. The fourth-order valence-electron chi connectivity index (χ4n) is 2.95. The summed E-state index contributed by atoms with van der Waals surface area (Å²) in [5, 5.41) is 7.53. The average molecular weight is 353 g/mol. The van der Waals surface area contributed by atoms with Crippen LogP contribution in [0.25, 0.3) is 5.69 Å². The molecule has 6 heteroatoms. The molecule has 0 unspecified atom stereocenters. The number of carbonyl (C=O) groups is 1. The van der Waals surface area contributed by atoms with Gasteiger partial charge < -0.3 is 14.5 Å². The first-order valence-corrected chi connectivity index (χ1v) is 8.55. The van der Waals surface area contributed by atoms with Crippen molar-refractivity contribution in [1.29, 1.82) is 0 Å². The minimum absolute atomic E-state index is 0.127. The number of hydrogen-bond donors (Lipinski definition) is 1. The lowest BCUT2D eigenvalue weighted by atomic mass is 10.0. The highest BCUT2D eigenvalue weighted by atomic mass is 16.5. The molecule has 2 heterocycles. The first-order valence-electron chi connectivity index (χ1n) is 8.55. The average Bonchev–Trinajstić information content (AvgIpc) is 3.27. The maximum absolute atomic E-state index is 12.8. The maximum Gasteiger partial charge on any atom is 0.255 e. The molecule has 0 radical (unpaired) electrons. The lowest BCUT2D eigenvalue weighted by molar-refractivity contribution is 0.0946. The van der Waals surface area contributed by atoms with E-state index in [0.717, 1.165) is 17.1 Å². The summed E-state index contributed by atoms with van der Waals surface area (Å²) in [5.41, 5.74) is 3.08. The zero-order valence-corrected chi connectivity index (χ0v) is 15.4. The van der Waals surface area contributed by atoms with Gasteiger partial charge in [-0.15, -0.1) is 0 Å². The van der Waals surface area contributed by atoms with Crippen molar-refractivity contribution >= 4 is 5.91 Å². The van der Waals surface area contributed by atoms with E-state index in [1.165, 1.54) is 0 Å². The van der Waals surface area contributed by atoms with Gasteiger partial charge in [-0.1, -0.05) is 13.8 Å². The van der Waals surface area contributed by atoms with Gasteiger partial charge in [-0.2, -0.15) is 5.10 Å². The van der Waals surface area contributed by atoms with Gasteiger partial charge in [-0.3, -0.25) is 4.79 Å². The highest BCUT2D eigenvalue weighted by Crippen LogP contribution is 2.26. The van der Waals surface area contributed by atoms with Gasteiger partial charge in [0.1, 0.15) is 11.5 Å². The van der Waals surface area contributed by atoms with E-state index in [1.54, 1.807) is 19.4 Å². The van der Waals surface area contributed by atoms with Crippen molar-refractivity contribution in [3.63, 3.8) is 0 Å². The van der Waals surface area contributed by atoms with Gasteiger partial charge in [0.05, 0.1) is 42.6 Å². The first-order chi connectivity index (χ1) is 12.5. The molecule has 2 aromatic heterocycles. The number of hydrogen-bond acceptors (Lipinski definition) is 4. The molecular formula is C20H23N3O3. The van der Waals surface area contributed by atoms with Crippen molar-refractivity contribution in [1.82, 2.24) is 15.1 Å². The van der Waals surface area contributed by atoms with Crippen LogP contribution in [0, 0.1) is 6.92 Å². The standard InChI is InChI=1S/C20H23N3O3/c1-13(2)19-18(20(24)21-12-17-6-5-11-26-17)14(3)22-23(19)15-7-9-16(25-4)10-8-15/h5-11,13H,12H2,1-4H3,(H,21,24). The van der Waals surface area contributed by atoms with Crippen molar-refractivity contribution in [2.75, 3.05) is 7.11 Å². The molecule has 1 aromatic carbocycles. The van der Waals surface area contributed by atoms with Crippen LogP contribution >= 0.6 is 0 Å². The van der Waals surface area contributed by atoms with E-state index in [4.69, 9.17) is 9.15 Å². The minimum Gasteiger partial charge on any atom is -0.497 e. The SMILES string of the molecule is COc1ccc(-n2nc(C)c(C(=O)NCc3ccco3)c2C(C)C)cc1. The Balaban J connectivity index is 1.94. The topological polar surface area (TPSA) is 69.3 Å². The van der Waals surface area contributed by atoms with Crippen LogP contribution in [0.2, 0.25) is 0 Å². The van der Waals surface area contributed by atoms with E-state index in [9.17, 15) is 4.79 Å². The Labute approximate surface area is 152 Å². The van der Waals surface area contributed by atoms with E-state index < -0.39 is 0 Å². The number of aryl methyl sites for hydroxylation is 1. The Morgan fingerprint density at radius 2 is 2.00 bits per heavy atom. The van der Waals surface area contributed by atoms with Crippen LogP contribution in [0.4, 0.5) is 0 Å². The molecule has 1 amide bonds. The molecule has 0 aliphatic rings. The normalized spacial score (nSPS) is 11.0. The van der Waals surface area contributed by atoms with Crippen LogP contribution in [-0.4, -0.2) is 22.8 Å². The van der Waals surface area contributed by atoms with Crippen LogP contribution in [0.5, 0.6) is 5.75 Å². The number of rotatable bonds is 6. The van der Waals surface area contributed by atoms with Crippen molar-refractivity contribution < 1.29 is 13.9 Å². The van der Waals surface area contributed by atoms with Crippen LogP contribution in [0.1, 0.15) is 47.3 Å². The molecule has 0 aliphatic carbocycles. The molecule has 136 valence electrons. The number of nitrogens with zero attached hydrogens (tertiary/aromatic N) is 2. The molecule has 3 rings (SSSR count). The fourth-order valence-corrected chi connectivity index (χ4v) is 2.95. The van der Waals surface area contributed by atoms with Crippen molar-refractivity contribution in [3.05, 3.63) is 65.4 Å². The summed E-state index contributed by atoms with van der Waals surface area (Å²) in [7, 11) is 1.63.